The van der Waals surface area contributed by atoms with Gasteiger partial charge < -0.3 is 25.4 Å². The first-order valence-electron chi connectivity index (χ1n) is 6.71. The summed E-state index contributed by atoms with van der Waals surface area (Å²) in [6, 6.07) is 0. The SMILES string of the molecule is CC(C)C(=O)OC[C@H]1O[C@@H](n2ncc(N)nc2=O)C(O)C1O. The summed E-state index contributed by atoms with van der Waals surface area (Å²) in [5, 5.41) is 23.6. The van der Waals surface area contributed by atoms with Crippen LogP contribution in [0.4, 0.5) is 5.82 Å². The quantitative estimate of drug-likeness (QED) is 0.538. The molecule has 1 fully saturated rings. The Morgan fingerprint density at radius 1 is 1.50 bits per heavy atom. The Labute approximate surface area is 125 Å². The second kappa shape index (κ2) is 6.38. The van der Waals surface area contributed by atoms with Crippen molar-refractivity contribution in [3.8, 4) is 0 Å². The minimum Gasteiger partial charge on any atom is -0.463 e. The van der Waals surface area contributed by atoms with E-state index in [4.69, 9.17) is 15.2 Å². The minimum absolute atomic E-state index is 0.0725. The van der Waals surface area contributed by atoms with E-state index in [0.717, 1.165) is 10.9 Å². The number of carbonyl (C=O) groups is 1. The molecule has 0 aliphatic carbocycles. The number of esters is 1. The van der Waals surface area contributed by atoms with Crippen LogP contribution in [0.1, 0.15) is 20.1 Å². The van der Waals surface area contributed by atoms with Crippen LogP contribution >= 0.6 is 0 Å². The van der Waals surface area contributed by atoms with Gasteiger partial charge in [-0.1, -0.05) is 13.8 Å². The highest BCUT2D eigenvalue weighted by atomic mass is 16.6. The predicted molar refractivity (Wildman–Crippen MR) is 72.4 cm³/mol. The third-order valence-corrected chi connectivity index (χ3v) is 3.17. The summed E-state index contributed by atoms with van der Waals surface area (Å²) in [7, 11) is 0. The second-order valence-electron chi connectivity index (χ2n) is 5.24. The molecule has 1 saturated heterocycles. The molecule has 0 radical (unpaired) electrons. The first-order valence-corrected chi connectivity index (χ1v) is 6.71. The lowest BCUT2D eigenvalue weighted by Crippen LogP contribution is -2.37. The lowest BCUT2D eigenvalue weighted by molar-refractivity contribution is -0.154. The summed E-state index contributed by atoms with van der Waals surface area (Å²) >= 11 is 0. The highest BCUT2D eigenvalue weighted by molar-refractivity contribution is 5.71. The topological polar surface area (TPSA) is 150 Å². The van der Waals surface area contributed by atoms with Gasteiger partial charge in [-0.05, 0) is 0 Å². The van der Waals surface area contributed by atoms with Crippen molar-refractivity contribution in [2.45, 2.75) is 38.4 Å². The van der Waals surface area contributed by atoms with Gasteiger partial charge in [0.25, 0.3) is 0 Å². The smallest absolute Gasteiger partial charge is 0.368 e. The molecule has 2 rings (SSSR count). The first kappa shape index (κ1) is 16.3. The molecule has 4 atom stereocenters. The van der Waals surface area contributed by atoms with Crippen LogP contribution in [0, 0.1) is 5.92 Å². The molecule has 0 aromatic carbocycles. The highest BCUT2D eigenvalue weighted by Crippen LogP contribution is 2.28. The maximum absolute atomic E-state index is 11.7. The van der Waals surface area contributed by atoms with E-state index in [0.29, 0.717) is 0 Å². The minimum atomic E-state index is -1.42. The summed E-state index contributed by atoms with van der Waals surface area (Å²) in [4.78, 5) is 26.6. The van der Waals surface area contributed by atoms with Crippen molar-refractivity contribution < 1.29 is 24.5 Å². The fourth-order valence-corrected chi connectivity index (χ4v) is 1.94. The van der Waals surface area contributed by atoms with Crippen LogP contribution in [0.3, 0.4) is 0 Å². The first-order chi connectivity index (χ1) is 10.3. The standard InChI is InChI=1S/C12H18N4O6/c1-5(2)11(19)21-4-6-8(17)9(18)10(22-6)16-12(20)15-7(13)3-14-16/h3,5-6,8-10,17-18H,4H2,1-2H3,(H2,13,15,20)/t6-,8?,9?,10-/m1/s1. The Kier molecular flexibility index (Phi) is 4.74. The fraction of sp³-hybridized carbons (Fsp3) is 0.667. The molecule has 0 saturated carbocycles. The summed E-state index contributed by atoms with van der Waals surface area (Å²) in [5.74, 6) is -0.861. The molecule has 10 heteroatoms. The number of hydrogen-bond donors (Lipinski definition) is 3. The van der Waals surface area contributed by atoms with Crippen molar-refractivity contribution in [1.82, 2.24) is 14.8 Å². The van der Waals surface area contributed by atoms with Crippen LogP contribution in [0.15, 0.2) is 11.0 Å². The van der Waals surface area contributed by atoms with Gasteiger partial charge in [0.2, 0.25) is 0 Å². The van der Waals surface area contributed by atoms with E-state index < -0.39 is 36.2 Å². The molecule has 1 aromatic heterocycles. The molecule has 10 nitrogen and oxygen atoms in total. The number of nitrogens with zero attached hydrogens (tertiary/aromatic N) is 3. The zero-order valence-corrected chi connectivity index (χ0v) is 12.1. The number of ether oxygens (including phenoxy) is 2. The van der Waals surface area contributed by atoms with E-state index in [-0.39, 0.29) is 18.3 Å². The second-order valence-corrected chi connectivity index (χ2v) is 5.24. The number of nitrogen functional groups attached to an aromatic ring is 1. The summed E-state index contributed by atoms with van der Waals surface area (Å²) in [6.45, 7) is 3.08. The van der Waals surface area contributed by atoms with Gasteiger partial charge in [-0.2, -0.15) is 14.8 Å². The molecule has 0 amide bonds. The molecule has 1 aliphatic rings. The number of aromatic nitrogens is 3. The number of carbonyl (C=O) groups excluding carboxylic acids is 1. The van der Waals surface area contributed by atoms with E-state index in [1.54, 1.807) is 13.8 Å². The van der Waals surface area contributed by atoms with E-state index in [2.05, 4.69) is 10.1 Å². The molecule has 2 heterocycles. The van der Waals surface area contributed by atoms with Gasteiger partial charge in [0.1, 0.15) is 30.7 Å². The fourth-order valence-electron chi connectivity index (χ4n) is 1.94. The Morgan fingerprint density at radius 2 is 2.18 bits per heavy atom. The molecule has 2 unspecified atom stereocenters. The van der Waals surface area contributed by atoms with E-state index in [1.165, 1.54) is 0 Å². The predicted octanol–water partition coefficient (Wildman–Crippen LogP) is -1.96. The van der Waals surface area contributed by atoms with Gasteiger partial charge in [0.05, 0.1) is 12.1 Å². The zero-order chi connectivity index (χ0) is 16.4. The third-order valence-electron chi connectivity index (χ3n) is 3.17. The van der Waals surface area contributed by atoms with Crippen molar-refractivity contribution in [3.05, 3.63) is 16.7 Å². The molecule has 1 aromatic rings. The third kappa shape index (κ3) is 3.24. The molecule has 122 valence electrons. The average molecular weight is 314 g/mol. The lowest BCUT2D eigenvalue weighted by Gasteiger charge is -2.15. The largest absolute Gasteiger partial charge is 0.463 e. The number of aliphatic hydroxyl groups excluding tert-OH is 2. The zero-order valence-electron chi connectivity index (χ0n) is 12.1. The van der Waals surface area contributed by atoms with Crippen LogP contribution in [0.25, 0.3) is 0 Å². The van der Waals surface area contributed by atoms with Crippen LogP contribution < -0.4 is 11.4 Å². The van der Waals surface area contributed by atoms with Crippen LogP contribution in [0.2, 0.25) is 0 Å². The average Bonchev–Trinajstić information content (AvgIpc) is 2.73. The number of rotatable bonds is 4. The Bertz CT molecular complexity index is 604. The number of anilines is 1. The van der Waals surface area contributed by atoms with Crippen molar-refractivity contribution in [1.29, 1.82) is 0 Å². The molecule has 0 spiro atoms. The highest BCUT2D eigenvalue weighted by Gasteiger charge is 2.45. The van der Waals surface area contributed by atoms with Gasteiger partial charge in [-0.15, -0.1) is 0 Å². The molecular weight excluding hydrogens is 296 g/mol. The number of nitrogens with two attached hydrogens (primary N) is 1. The molecule has 1 aliphatic heterocycles. The summed E-state index contributed by atoms with van der Waals surface area (Å²) in [6.07, 6.45) is -3.85. The number of aliphatic hydroxyl groups is 2. The van der Waals surface area contributed by atoms with Gasteiger partial charge in [0.15, 0.2) is 6.23 Å². The van der Waals surface area contributed by atoms with Crippen LogP contribution in [-0.2, 0) is 14.3 Å². The van der Waals surface area contributed by atoms with Gasteiger partial charge in [-0.3, -0.25) is 4.79 Å². The van der Waals surface area contributed by atoms with Crippen molar-refractivity contribution >= 4 is 11.8 Å². The monoisotopic (exact) mass is 314 g/mol. The molecular formula is C12H18N4O6. The van der Waals surface area contributed by atoms with Gasteiger partial charge in [-0.25, -0.2) is 4.79 Å². The van der Waals surface area contributed by atoms with Crippen LogP contribution in [0.5, 0.6) is 0 Å². The molecule has 4 N–H and O–H groups in total. The maximum atomic E-state index is 11.7. The summed E-state index contributed by atoms with van der Waals surface area (Å²) < 4.78 is 11.1. The maximum Gasteiger partial charge on any atom is 0.368 e. The Morgan fingerprint density at radius 3 is 2.77 bits per heavy atom. The molecule has 22 heavy (non-hydrogen) atoms. The Balaban J connectivity index is 2.10. The summed E-state index contributed by atoms with van der Waals surface area (Å²) in [5.41, 5.74) is 4.50. The van der Waals surface area contributed by atoms with Crippen molar-refractivity contribution in [2.24, 2.45) is 5.92 Å². The lowest BCUT2D eigenvalue weighted by atomic mass is 10.1. The van der Waals surface area contributed by atoms with Crippen molar-refractivity contribution in [3.63, 3.8) is 0 Å². The number of hydrogen-bond acceptors (Lipinski definition) is 9. The van der Waals surface area contributed by atoms with Gasteiger partial charge in [0, 0.05) is 0 Å². The van der Waals surface area contributed by atoms with E-state index >= 15 is 0 Å². The van der Waals surface area contributed by atoms with E-state index in [1.807, 2.05) is 0 Å². The van der Waals surface area contributed by atoms with Gasteiger partial charge >= 0.3 is 11.7 Å². The van der Waals surface area contributed by atoms with Crippen molar-refractivity contribution in [2.75, 3.05) is 12.3 Å². The van der Waals surface area contributed by atoms with E-state index in [9.17, 15) is 19.8 Å². The Hall–Kier alpha value is -2.04. The normalized spacial score (nSPS) is 28.0. The molecule has 0 bridgehead atoms. The van der Waals surface area contributed by atoms with Crippen LogP contribution in [-0.4, -0.2) is 55.9 Å².